The van der Waals surface area contributed by atoms with Crippen molar-refractivity contribution in [3.05, 3.63) is 64.7 Å². The third-order valence-corrected chi connectivity index (χ3v) is 6.60. The van der Waals surface area contributed by atoms with Crippen LogP contribution in [0.2, 0.25) is 5.02 Å². The molecule has 1 unspecified atom stereocenters. The standard InChI is InChI=1S/C21H24ClN3O/c1-25-15-10-12-21(25,13-11-15)19(14-6-3-2-4-7-14)24-20(26)18-16(22)8-5-9-17(18)23/h2-9,15,19H,10-13,23H2,1H3,(H,24,26). The lowest BCUT2D eigenvalue weighted by Crippen LogP contribution is -2.51. The molecular formula is C21H24ClN3O. The first-order valence-corrected chi connectivity index (χ1v) is 9.53. The highest BCUT2D eigenvalue weighted by Crippen LogP contribution is 2.51. The van der Waals surface area contributed by atoms with E-state index >= 15 is 0 Å². The Hall–Kier alpha value is -2.04. The van der Waals surface area contributed by atoms with Gasteiger partial charge in [0.25, 0.3) is 5.91 Å². The number of hydrogen-bond acceptors (Lipinski definition) is 3. The maximum absolute atomic E-state index is 13.1. The summed E-state index contributed by atoms with van der Waals surface area (Å²) in [5.41, 5.74) is 7.89. The van der Waals surface area contributed by atoms with Crippen molar-refractivity contribution in [2.75, 3.05) is 12.8 Å². The number of benzene rings is 2. The second-order valence-corrected chi connectivity index (χ2v) is 7.87. The van der Waals surface area contributed by atoms with Gasteiger partial charge in [-0.3, -0.25) is 9.69 Å². The first-order chi connectivity index (χ1) is 12.5. The van der Waals surface area contributed by atoms with Gasteiger partial charge in [-0.15, -0.1) is 0 Å². The van der Waals surface area contributed by atoms with Crippen molar-refractivity contribution in [3.8, 4) is 0 Å². The van der Waals surface area contributed by atoms with Gasteiger partial charge in [0, 0.05) is 17.3 Å². The molecule has 0 saturated carbocycles. The molecular weight excluding hydrogens is 346 g/mol. The van der Waals surface area contributed by atoms with Crippen LogP contribution >= 0.6 is 11.6 Å². The van der Waals surface area contributed by atoms with Crippen LogP contribution in [0.1, 0.15) is 47.6 Å². The summed E-state index contributed by atoms with van der Waals surface area (Å²) >= 11 is 6.27. The Balaban J connectivity index is 1.72. The van der Waals surface area contributed by atoms with Crippen molar-refractivity contribution in [2.24, 2.45) is 0 Å². The number of nitrogen functional groups attached to an aromatic ring is 1. The van der Waals surface area contributed by atoms with E-state index in [1.807, 2.05) is 18.2 Å². The van der Waals surface area contributed by atoms with E-state index < -0.39 is 0 Å². The molecule has 2 saturated heterocycles. The number of carbonyl (C=O) groups is 1. The number of carbonyl (C=O) groups excluding carboxylic acids is 1. The largest absolute Gasteiger partial charge is 0.398 e. The van der Waals surface area contributed by atoms with E-state index in [9.17, 15) is 4.79 Å². The van der Waals surface area contributed by atoms with Gasteiger partial charge in [-0.1, -0.05) is 48.0 Å². The molecule has 4 rings (SSSR count). The topological polar surface area (TPSA) is 58.4 Å². The van der Waals surface area contributed by atoms with Crippen LogP contribution in [0.25, 0.3) is 0 Å². The van der Waals surface area contributed by atoms with Crippen LogP contribution in [-0.2, 0) is 0 Å². The molecule has 2 bridgehead atoms. The van der Waals surface area contributed by atoms with E-state index in [1.165, 1.54) is 12.8 Å². The maximum Gasteiger partial charge on any atom is 0.255 e. The van der Waals surface area contributed by atoms with Crippen LogP contribution < -0.4 is 11.1 Å². The van der Waals surface area contributed by atoms with Crippen molar-refractivity contribution < 1.29 is 4.79 Å². The SMILES string of the molecule is CN1C2CCC1(C(NC(=O)c1c(N)cccc1Cl)c1ccccc1)CC2. The molecule has 2 aliphatic heterocycles. The number of nitrogens with zero attached hydrogens (tertiary/aromatic N) is 1. The van der Waals surface area contributed by atoms with Gasteiger partial charge in [0.05, 0.1) is 16.6 Å². The Bertz CT molecular complexity index is 795. The van der Waals surface area contributed by atoms with Gasteiger partial charge in [-0.2, -0.15) is 0 Å². The molecule has 5 heteroatoms. The Morgan fingerprint density at radius 2 is 1.88 bits per heavy atom. The minimum atomic E-state index is -0.208. The Morgan fingerprint density at radius 3 is 2.46 bits per heavy atom. The van der Waals surface area contributed by atoms with E-state index in [-0.39, 0.29) is 17.5 Å². The summed E-state index contributed by atoms with van der Waals surface area (Å²) < 4.78 is 0. The Morgan fingerprint density at radius 1 is 1.19 bits per heavy atom. The first kappa shape index (κ1) is 17.4. The number of anilines is 1. The number of rotatable bonds is 4. The predicted molar refractivity (Wildman–Crippen MR) is 105 cm³/mol. The van der Waals surface area contributed by atoms with Gasteiger partial charge in [-0.25, -0.2) is 0 Å². The molecule has 2 heterocycles. The summed E-state index contributed by atoms with van der Waals surface area (Å²) in [4.78, 5) is 15.6. The van der Waals surface area contributed by atoms with Crippen molar-refractivity contribution in [3.63, 3.8) is 0 Å². The molecule has 0 radical (unpaired) electrons. The molecule has 136 valence electrons. The molecule has 26 heavy (non-hydrogen) atoms. The van der Waals surface area contributed by atoms with E-state index in [2.05, 4.69) is 29.4 Å². The normalized spacial score (nSPS) is 26.0. The van der Waals surface area contributed by atoms with Crippen LogP contribution in [0.15, 0.2) is 48.5 Å². The second-order valence-electron chi connectivity index (χ2n) is 7.47. The highest BCUT2D eigenvalue weighted by Gasteiger charge is 2.54. The van der Waals surface area contributed by atoms with Gasteiger partial charge >= 0.3 is 0 Å². The fraction of sp³-hybridized carbons (Fsp3) is 0.381. The summed E-state index contributed by atoms with van der Waals surface area (Å²) in [6.45, 7) is 0. The average Bonchev–Trinajstić information content (AvgIpc) is 3.13. The molecule has 1 amide bonds. The number of nitrogens with one attached hydrogen (secondary N) is 1. The molecule has 0 aliphatic carbocycles. The summed E-state index contributed by atoms with van der Waals surface area (Å²) in [5, 5.41) is 3.66. The van der Waals surface area contributed by atoms with Crippen molar-refractivity contribution in [1.82, 2.24) is 10.2 Å². The van der Waals surface area contributed by atoms with Gasteiger partial charge < -0.3 is 11.1 Å². The molecule has 3 N–H and O–H groups in total. The van der Waals surface area contributed by atoms with Crippen molar-refractivity contribution in [2.45, 2.75) is 43.3 Å². The van der Waals surface area contributed by atoms with E-state index in [0.717, 1.165) is 18.4 Å². The van der Waals surface area contributed by atoms with Crippen molar-refractivity contribution >= 4 is 23.2 Å². The molecule has 1 atom stereocenters. The average molecular weight is 370 g/mol. The Kier molecular flexibility index (Phi) is 4.41. The van der Waals surface area contributed by atoms with Crippen LogP contribution in [0.5, 0.6) is 0 Å². The smallest absolute Gasteiger partial charge is 0.255 e. The van der Waals surface area contributed by atoms with E-state index in [1.54, 1.807) is 18.2 Å². The molecule has 2 fully saturated rings. The fourth-order valence-electron chi connectivity index (χ4n) is 4.86. The molecule has 2 aliphatic rings. The van der Waals surface area contributed by atoms with E-state index in [0.29, 0.717) is 22.3 Å². The van der Waals surface area contributed by atoms with Crippen LogP contribution in [0, 0.1) is 0 Å². The lowest BCUT2D eigenvalue weighted by Gasteiger charge is -2.41. The van der Waals surface area contributed by atoms with Crippen molar-refractivity contribution in [1.29, 1.82) is 0 Å². The summed E-state index contributed by atoms with van der Waals surface area (Å²) in [7, 11) is 2.19. The zero-order valence-corrected chi connectivity index (χ0v) is 15.7. The molecule has 0 spiro atoms. The minimum absolute atomic E-state index is 0.0439. The minimum Gasteiger partial charge on any atom is -0.398 e. The predicted octanol–water partition coefficient (Wildman–Crippen LogP) is 4.02. The number of nitrogens with two attached hydrogens (primary N) is 1. The van der Waals surface area contributed by atoms with Crippen LogP contribution in [0.4, 0.5) is 5.69 Å². The number of fused-ring (bicyclic) bond motifs is 2. The Labute approximate surface area is 159 Å². The number of halogens is 1. The highest BCUT2D eigenvalue weighted by molar-refractivity contribution is 6.34. The molecule has 4 nitrogen and oxygen atoms in total. The zero-order valence-electron chi connectivity index (χ0n) is 14.9. The quantitative estimate of drug-likeness (QED) is 0.800. The summed E-state index contributed by atoms with van der Waals surface area (Å²) in [6.07, 6.45) is 4.55. The fourth-order valence-corrected chi connectivity index (χ4v) is 5.12. The third-order valence-electron chi connectivity index (χ3n) is 6.29. The monoisotopic (exact) mass is 369 g/mol. The maximum atomic E-state index is 13.1. The first-order valence-electron chi connectivity index (χ1n) is 9.16. The molecule has 0 aromatic heterocycles. The number of amides is 1. The lowest BCUT2D eigenvalue weighted by atomic mass is 9.78. The summed E-state index contributed by atoms with van der Waals surface area (Å²) in [5.74, 6) is -0.208. The lowest BCUT2D eigenvalue weighted by molar-refractivity contribution is 0.0839. The van der Waals surface area contributed by atoms with Gasteiger partial charge in [0.15, 0.2) is 0 Å². The van der Waals surface area contributed by atoms with E-state index in [4.69, 9.17) is 17.3 Å². The van der Waals surface area contributed by atoms with Gasteiger partial charge in [0.2, 0.25) is 0 Å². The zero-order chi connectivity index (χ0) is 18.3. The van der Waals surface area contributed by atoms with Crippen LogP contribution in [-0.4, -0.2) is 29.4 Å². The van der Waals surface area contributed by atoms with Crippen LogP contribution in [0.3, 0.4) is 0 Å². The molecule has 2 aromatic carbocycles. The summed E-state index contributed by atoms with van der Waals surface area (Å²) in [6, 6.07) is 15.9. The second kappa shape index (κ2) is 6.60. The molecule has 2 aromatic rings. The highest BCUT2D eigenvalue weighted by atomic mass is 35.5. The van der Waals surface area contributed by atoms with Gasteiger partial charge in [-0.05, 0) is 50.4 Å². The third kappa shape index (κ3) is 2.68. The van der Waals surface area contributed by atoms with Gasteiger partial charge in [0.1, 0.15) is 0 Å². The number of likely N-dealkylation sites (N-methyl/N-ethyl adjacent to an activating group) is 1. The number of hydrogen-bond donors (Lipinski definition) is 2.